The van der Waals surface area contributed by atoms with Gasteiger partial charge in [0.15, 0.2) is 0 Å². The molecule has 2 aromatic carbocycles. The maximum Gasteiger partial charge on any atom is 0.326 e. The summed E-state index contributed by atoms with van der Waals surface area (Å²) < 4.78 is 0. The molecule has 190 valence electrons. The van der Waals surface area contributed by atoms with Crippen LogP contribution in [-0.2, 0) is 9.68 Å². The van der Waals surface area contributed by atoms with E-state index in [1.807, 2.05) is 43.7 Å². The molecule has 0 aliphatic carbocycles. The topological polar surface area (TPSA) is 125 Å². The molecule has 2 amide bonds. The quantitative estimate of drug-likeness (QED) is 0.218. The summed E-state index contributed by atoms with van der Waals surface area (Å²) in [7, 11) is 0. The van der Waals surface area contributed by atoms with Crippen molar-refractivity contribution in [3.8, 4) is 11.1 Å². The molecule has 8 nitrogen and oxygen atoms in total. The van der Waals surface area contributed by atoms with E-state index in [1.54, 1.807) is 23.9 Å². The number of nitrogens with one attached hydrogen (secondary N) is 2. The van der Waals surface area contributed by atoms with Crippen LogP contribution < -0.4 is 10.6 Å². The number of thioether (sulfide) groups is 2. The second-order valence-corrected chi connectivity index (χ2v) is 9.94. The van der Waals surface area contributed by atoms with Crippen LogP contribution in [0.25, 0.3) is 11.1 Å². The van der Waals surface area contributed by atoms with Crippen LogP contribution in [0.2, 0.25) is 0 Å². The normalized spacial score (nSPS) is 12.6. The molecule has 2 aromatic rings. The summed E-state index contributed by atoms with van der Waals surface area (Å²) in [5, 5.41) is 23.9. The van der Waals surface area contributed by atoms with Crippen LogP contribution in [0.4, 0.5) is 0 Å². The third-order valence-electron chi connectivity index (χ3n) is 5.46. The van der Waals surface area contributed by atoms with E-state index >= 15 is 0 Å². The Morgan fingerprint density at radius 1 is 0.943 bits per heavy atom. The first kappa shape index (κ1) is 28.7. The first-order chi connectivity index (χ1) is 16.8. The maximum atomic E-state index is 13.2. The third kappa shape index (κ3) is 8.57. The Morgan fingerprint density at radius 2 is 1.63 bits per heavy atom. The van der Waals surface area contributed by atoms with Crippen molar-refractivity contribution in [3.05, 3.63) is 59.2 Å². The molecule has 0 aliphatic rings. The van der Waals surface area contributed by atoms with Gasteiger partial charge < -0.3 is 15.7 Å². The summed E-state index contributed by atoms with van der Waals surface area (Å²) in [6, 6.07) is 10.8. The molecule has 4 N–H and O–H groups in total. The number of carboxylic acid groups (broad SMARTS) is 1. The molecule has 0 saturated heterocycles. The van der Waals surface area contributed by atoms with Crippen LogP contribution in [0.3, 0.4) is 0 Å². The van der Waals surface area contributed by atoms with Gasteiger partial charge in [-0.2, -0.15) is 23.5 Å². The Morgan fingerprint density at radius 3 is 2.26 bits per heavy atom. The van der Waals surface area contributed by atoms with Crippen LogP contribution in [0.5, 0.6) is 0 Å². The number of hydrogen-bond acceptors (Lipinski definition) is 7. The molecule has 0 aromatic heterocycles. The average molecular weight is 521 g/mol. The number of carbonyl (C=O) groups excluding carboxylic acids is 2. The molecule has 0 aliphatic heterocycles. The van der Waals surface area contributed by atoms with Crippen molar-refractivity contribution in [1.82, 2.24) is 10.6 Å². The van der Waals surface area contributed by atoms with Crippen LogP contribution in [0.1, 0.15) is 39.1 Å². The summed E-state index contributed by atoms with van der Waals surface area (Å²) in [6.07, 6.45) is 4.74. The lowest BCUT2D eigenvalue weighted by atomic mass is 9.93. The highest BCUT2D eigenvalue weighted by molar-refractivity contribution is 7.98. The molecular weight excluding hydrogens is 488 g/mol. The summed E-state index contributed by atoms with van der Waals surface area (Å²) in [5.41, 5.74) is 2.82. The zero-order chi connectivity index (χ0) is 25.8. The molecule has 10 heteroatoms. The van der Waals surface area contributed by atoms with Crippen LogP contribution in [-0.4, -0.2) is 70.9 Å². The van der Waals surface area contributed by atoms with E-state index in [9.17, 15) is 19.5 Å². The second-order valence-electron chi connectivity index (χ2n) is 7.97. The van der Waals surface area contributed by atoms with Gasteiger partial charge in [0.05, 0.1) is 6.04 Å². The van der Waals surface area contributed by atoms with Gasteiger partial charge in [0.2, 0.25) is 0 Å². The van der Waals surface area contributed by atoms with Gasteiger partial charge in [-0.1, -0.05) is 24.3 Å². The standard InChI is InChI=1S/C25H32N2O6S2/c1-16-6-4-5-7-19(16)21-14-17(23(28)26-18(15-33-32)10-12-34-2)8-9-20(21)24(29)27-22(25(30)31)11-13-35-3/h4-9,14,18,22,32H,10-13,15H2,1-3H3,(H,26,28)(H,27,29)(H,30,31)/t18-,22-/m0/s1. The lowest BCUT2D eigenvalue weighted by Gasteiger charge is -2.19. The predicted octanol–water partition coefficient (Wildman–Crippen LogP) is 3.94. The predicted molar refractivity (Wildman–Crippen MR) is 141 cm³/mol. The average Bonchev–Trinajstić information content (AvgIpc) is 2.84. The fourth-order valence-corrected chi connectivity index (χ4v) is 4.52. The van der Waals surface area contributed by atoms with Crippen molar-refractivity contribution >= 4 is 41.3 Å². The third-order valence-corrected chi connectivity index (χ3v) is 6.74. The van der Waals surface area contributed by atoms with Gasteiger partial charge in [0.25, 0.3) is 11.8 Å². The second kappa shape index (κ2) is 14.8. The van der Waals surface area contributed by atoms with Gasteiger partial charge in [-0.25, -0.2) is 9.68 Å². The summed E-state index contributed by atoms with van der Waals surface area (Å²) in [5.74, 6) is -0.601. The number of rotatable bonds is 14. The highest BCUT2D eigenvalue weighted by atomic mass is 32.2. The number of carbonyl (C=O) groups is 3. The van der Waals surface area contributed by atoms with E-state index in [4.69, 9.17) is 5.26 Å². The summed E-state index contributed by atoms with van der Waals surface area (Å²) in [6.45, 7) is 1.86. The van der Waals surface area contributed by atoms with Crippen LogP contribution >= 0.6 is 23.5 Å². The molecule has 0 bridgehead atoms. The zero-order valence-corrected chi connectivity index (χ0v) is 21.7. The Hall–Kier alpha value is -2.53. The molecule has 0 saturated carbocycles. The lowest BCUT2D eigenvalue weighted by Crippen LogP contribution is -2.41. The Balaban J connectivity index is 2.41. The van der Waals surface area contributed by atoms with Crippen molar-refractivity contribution in [2.24, 2.45) is 0 Å². The van der Waals surface area contributed by atoms with Crippen LogP contribution in [0.15, 0.2) is 42.5 Å². The number of carboxylic acids is 1. The fraction of sp³-hybridized carbons (Fsp3) is 0.400. The van der Waals surface area contributed by atoms with Gasteiger partial charge >= 0.3 is 5.97 Å². The van der Waals surface area contributed by atoms with Crippen molar-refractivity contribution < 1.29 is 29.6 Å². The minimum absolute atomic E-state index is 0.0376. The van der Waals surface area contributed by atoms with E-state index in [0.717, 1.165) is 16.9 Å². The van der Waals surface area contributed by atoms with E-state index in [1.165, 1.54) is 17.8 Å². The van der Waals surface area contributed by atoms with Crippen molar-refractivity contribution in [1.29, 1.82) is 0 Å². The fourth-order valence-electron chi connectivity index (χ4n) is 3.53. The minimum Gasteiger partial charge on any atom is -0.480 e. The van der Waals surface area contributed by atoms with Gasteiger partial charge in [-0.3, -0.25) is 14.8 Å². The van der Waals surface area contributed by atoms with Gasteiger partial charge in [-0.15, -0.1) is 0 Å². The molecule has 2 rings (SSSR count). The molecule has 35 heavy (non-hydrogen) atoms. The SMILES string of the molecule is CSCC[C@@H](COO)NC(=O)c1ccc(C(=O)N[C@@H](CCSC)C(=O)O)c(-c2ccccc2C)c1. The van der Waals surface area contributed by atoms with E-state index in [2.05, 4.69) is 15.5 Å². The van der Waals surface area contributed by atoms with Crippen molar-refractivity contribution in [2.75, 3.05) is 30.6 Å². The summed E-state index contributed by atoms with van der Waals surface area (Å²) >= 11 is 3.13. The zero-order valence-electron chi connectivity index (χ0n) is 20.1. The first-order valence-corrected chi connectivity index (χ1v) is 13.9. The molecule has 2 atom stereocenters. The smallest absolute Gasteiger partial charge is 0.326 e. The van der Waals surface area contributed by atoms with Crippen molar-refractivity contribution in [3.63, 3.8) is 0 Å². The monoisotopic (exact) mass is 520 g/mol. The summed E-state index contributed by atoms with van der Waals surface area (Å²) in [4.78, 5) is 42.1. The van der Waals surface area contributed by atoms with E-state index < -0.39 is 17.9 Å². The number of aliphatic carboxylic acids is 1. The molecule has 0 fully saturated rings. The molecule has 0 spiro atoms. The highest BCUT2D eigenvalue weighted by Gasteiger charge is 2.24. The number of amides is 2. The Bertz CT molecular complexity index is 1020. The maximum absolute atomic E-state index is 13.2. The number of benzene rings is 2. The van der Waals surface area contributed by atoms with E-state index in [-0.39, 0.29) is 24.1 Å². The molecule has 0 heterocycles. The van der Waals surface area contributed by atoms with Gasteiger partial charge in [-0.05, 0) is 78.7 Å². The van der Waals surface area contributed by atoms with Gasteiger partial charge in [0, 0.05) is 11.1 Å². The van der Waals surface area contributed by atoms with Crippen molar-refractivity contribution in [2.45, 2.75) is 31.8 Å². The Labute approximate surface area is 214 Å². The minimum atomic E-state index is -1.09. The largest absolute Gasteiger partial charge is 0.480 e. The Kier molecular flexibility index (Phi) is 12.1. The highest BCUT2D eigenvalue weighted by Crippen LogP contribution is 2.28. The lowest BCUT2D eigenvalue weighted by molar-refractivity contribution is -0.246. The molecule has 0 radical (unpaired) electrons. The van der Waals surface area contributed by atoms with E-state index in [0.29, 0.717) is 29.7 Å². The number of hydrogen-bond donors (Lipinski definition) is 4. The first-order valence-electron chi connectivity index (χ1n) is 11.1. The number of aryl methyl sites for hydroxylation is 1. The van der Waals surface area contributed by atoms with Gasteiger partial charge in [0.1, 0.15) is 12.6 Å². The molecular formula is C25H32N2O6S2. The molecule has 0 unspecified atom stereocenters. The van der Waals surface area contributed by atoms with Crippen LogP contribution in [0, 0.1) is 6.92 Å².